The molecule has 0 saturated heterocycles. The van der Waals surface area contributed by atoms with Crippen LogP contribution in [0.3, 0.4) is 0 Å². The fourth-order valence-electron chi connectivity index (χ4n) is 2.83. The Morgan fingerprint density at radius 3 is 2.19 bits per heavy atom. The molecule has 1 N–H and O–H groups in total. The fraction of sp³-hybridized carbons (Fsp3) is 0.143. The number of nitrogens with one attached hydrogen (secondary N) is 1. The van der Waals surface area contributed by atoms with Gasteiger partial charge in [-0.05, 0) is 42.3 Å². The third kappa shape index (κ3) is 4.52. The van der Waals surface area contributed by atoms with Crippen molar-refractivity contribution in [1.82, 2.24) is 4.72 Å². The Labute approximate surface area is 159 Å². The van der Waals surface area contributed by atoms with Gasteiger partial charge in [0.25, 0.3) is 0 Å². The van der Waals surface area contributed by atoms with Crippen molar-refractivity contribution in [2.75, 3.05) is 6.54 Å². The van der Waals surface area contributed by atoms with E-state index in [2.05, 4.69) is 4.72 Å². The van der Waals surface area contributed by atoms with Crippen molar-refractivity contribution >= 4 is 21.6 Å². The molecule has 0 amide bonds. The van der Waals surface area contributed by atoms with Crippen LogP contribution in [0.25, 0.3) is 0 Å². The average molecular weight is 386 g/mol. The van der Waals surface area contributed by atoms with E-state index in [1.165, 1.54) is 0 Å². The molecule has 0 spiro atoms. The van der Waals surface area contributed by atoms with Crippen LogP contribution < -0.4 is 4.72 Å². The highest BCUT2D eigenvalue weighted by Crippen LogP contribution is 2.26. The van der Waals surface area contributed by atoms with E-state index in [1.54, 1.807) is 24.3 Å². The van der Waals surface area contributed by atoms with Crippen LogP contribution in [0, 0.1) is 6.92 Å². The van der Waals surface area contributed by atoms with Gasteiger partial charge in [0, 0.05) is 17.5 Å². The predicted molar refractivity (Wildman–Crippen MR) is 106 cm³/mol. The number of halogens is 1. The lowest BCUT2D eigenvalue weighted by molar-refractivity contribution is 0.577. The number of rotatable bonds is 6. The molecule has 26 heavy (non-hydrogen) atoms. The van der Waals surface area contributed by atoms with E-state index in [0.717, 1.165) is 16.7 Å². The van der Waals surface area contributed by atoms with Gasteiger partial charge in [0.2, 0.25) is 10.0 Å². The predicted octanol–water partition coefficient (Wildman–Crippen LogP) is 4.76. The van der Waals surface area contributed by atoms with E-state index in [0.29, 0.717) is 5.02 Å². The summed E-state index contributed by atoms with van der Waals surface area (Å²) in [5.74, 6) is -0.130. The van der Waals surface area contributed by atoms with Crippen LogP contribution in [-0.2, 0) is 10.0 Å². The van der Waals surface area contributed by atoms with Crippen molar-refractivity contribution < 1.29 is 8.42 Å². The van der Waals surface area contributed by atoms with E-state index in [-0.39, 0.29) is 17.4 Å². The first-order chi connectivity index (χ1) is 12.5. The normalized spacial score (nSPS) is 12.7. The summed E-state index contributed by atoms with van der Waals surface area (Å²) in [6.07, 6.45) is 0. The van der Waals surface area contributed by atoms with Crippen LogP contribution in [0.4, 0.5) is 0 Å². The number of sulfonamides is 1. The third-order valence-electron chi connectivity index (χ3n) is 4.26. The van der Waals surface area contributed by atoms with Crippen molar-refractivity contribution in [3.05, 3.63) is 101 Å². The van der Waals surface area contributed by atoms with Gasteiger partial charge in [-0.1, -0.05) is 71.8 Å². The first kappa shape index (κ1) is 18.6. The molecular weight excluding hydrogens is 366 g/mol. The van der Waals surface area contributed by atoms with Gasteiger partial charge >= 0.3 is 0 Å². The molecule has 0 aliphatic rings. The minimum absolute atomic E-state index is 0.130. The topological polar surface area (TPSA) is 46.2 Å². The van der Waals surface area contributed by atoms with E-state index in [9.17, 15) is 8.42 Å². The first-order valence-electron chi connectivity index (χ1n) is 8.32. The number of benzene rings is 3. The Balaban J connectivity index is 1.88. The van der Waals surface area contributed by atoms with Crippen LogP contribution in [0.5, 0.6) is 0 Å². The summed E-state index contributed by atoms with van der Waals surface area (Å²) in [5, 5.41) is 0.629. The number of hydrogen-bond acceptors (Lipinski definition) is 2. The SMILES string of the molecule is Cc1ccc(S(=O)(=O)NC[C@H](c2ccccc2)c2cccc(Cl)c2)cc1. The maximum atomic E-state index is 12.6. The van der Waals surface area contributed by atoms with Gasteiger partial charge in [-0.25, -0.2) is 13.1 Å². The quantitative estimate of drug-likeness (QED) is 0.665. The Morgan fingerprint density at radius 1 is 0.885 bits per heavy atom. The summed E-state index contributed by atoms with van der Waals surface area (Å²) >= 11 is 6.14. The van der Waals surface area contributed by atoms with Gasteiger partial charge in [-0.15, -0.1) is 0 Å². The van der Waals surface area contributed by atoms with Gasteiger partial charge in [0.05, 0.1) is 4.90 Å². The molecule has 0 fully saturated rings. The van der Waals surface area contributed by atoms with Crippen molar-refractivity contribution in [1.29, 1.82) is 0 Å². The minimum atomic E-state index is -3.58. The average Bonchev–Trinajstić information content (AvgIpc) is 2.63. The van der Waals surface area contributed by atoms with Gasteiger partial charge < -0.3 is 0 Å². The van der Waals surface area contributed by atoms with E-state index in [4.69, 9.17) is 11.6 Å². The Hall–Kier alpha value is -2.14. The van der Waals surface area contributed by atoms with Gasteiger partial charge in [0.1, 0.15) is 0 Å². The Morgan fingerprint density at radius 2 is 1.54 bits per heavy atom. The van der Waals surface area contributed by atoms with Crippen LogP contribution in [0.2, 0.25) is 5.02 Å². The zero-order chi connectivity index (χ0) is 18.6. The van der Waals surface area contributed by atoms with Gasteiger partial charge in [-0.2, -0.15) is 0 Å². The summed E-state index contributed by atoms with van der Waals surface area (Å²) in [7, 11) is -3.58. The van der Waals surface area contributed by atoms with Crippen molar-refractivity contribution in [3.63, 3.8) is 0 Å². The molecule has 3 aromatic rings. The molecule has 134 valence electrons. The van der Waals surface area contributed by atoms with E-state index < -0.39 is 10.0 Å². The zero-order valence-electron chi connectivity index (χ0n) is 14.4. The Bertz CT molecular complexity index is 970. The molecule has 0 heterocycles. The molecule has 0 aliphatic heterocycles. The van der Waals surface area contributed by atoms with Crippen LogP contribution >= 0.6 is 11.6 Å². The number of aryl methyl sites for hydroxylation is 1. The first-order valence-corrected chi connectivity index (χ1v) is 10.2. The molecule has 0 aliphatic carbocycles. The summed E-state index contributed by atoms with van der Waals surface area (Å²) in [5.41, 5.74) is 3.02. The lowest BCUT2D eigenvalue weighted by Gasteiger charge is -2.19. The largest absolute Gasteiger partial charge is 0.240 e. The monoisotopic (exact) mass is 385 g/mol. The van der Waals surface area contributed by atoms with E-state index >= 15 is 0 Å². The highest BCUT2D eigenvalue weighted by Gasteiger charge is 2.19. The smallest absolute Gasteiger partial charge is 0.210 e. The molecule has 1 atom stereocenters. The second-order valence-corrected chi connectivity index (χ2v) is 8.39. The van der Waals surface area contributed by atoms with Crippen LogP contribution in [0.1, 0.15) is 22.6 Å². The van der Waals surface area contributed by atoms with E-state index in [1.807, 2.05) is 61.5 Å². The molecule has 3 rings (SSSR count). The standard InChI is InChI=1S/C21H20ClNO2S/c1-16-10-12-20(13-11-16)26(24,25)23-15-21(17-6-3-2-4-7-17)18-8-5-9-19(22)14-18/h2-14,21,23H,15H2,1H3/t21-/m1/s1. The molecule has 0 radical (unpaired) electrons. The fourth-order valence-corrected chi connectivity index (χ4v) is 4.08. The summed E-state index contributed by atoms with van der Waals surface area (Å²) in [6.45, 7) is 2.18. The highest BCUT2D eigenvalue weighted by atomic mass is 35.5. The molecule has 0 saturated carbocycles. The molecular formula is C21H20ClNO2S. The highest BCUT2D eigenvalue weighted by molar-refractivity contribution is 7.89. The van der Waals surface area contributed by atoms with Crippen molar-refractivity contribution in [2.24, 2.45) is 0 Å². The summed E-state index contributed by atoms with van der Waals surface area (Å²) in [4.78, 5) is 0.265. The van der Waals surface area contributed by atoms with Gasteiger partial charge in [0.15, 0.2) is 0 Å². The lowest BCUT2D eigenvalue weighted by atomic mass is 9.91. The maximum Gasteiger partial charge on any atom is 0.240 e. The lowest BCUT2D eigenvalue weighted by Crippen LogP contribution is -2.29. The minimum Gasteiger partial charge on any atom is -0.210 e. The Kier molecular flexibility index (Phi) is 5.77. The van der Waals surface area contributed by atoms with Crippen molar-refractivity contribution in [2.45, 2.75) is 17.7 Å². The maximum absolute atomic E-state index is 12.6. The molecule has 0 bridgehead atoms. The number of hydrogen-bond donors (Lipinski definition) is 1. The van der Waals surface area contributed by atoms with Gasteiger partial charge in [-0.3, -0.25) is 0 Å². The molecule has 0 aromatic heterocycles. The summed E-state index contributed by atoms with van der Waals surface area (Å²) < 4.78 is 28.0. The third-order valence-corrected chi connectivity index (χ3v) is 5.94. The molecule has 5 heteroatoms. The molecule has 3 aromatic carbocycles. The van der Waals surface area contributed by atoms with Crippen LogP contribution in [0.15, 0.2) is 83.8 Å². The molecule has 0 unspecified atom stereocenters. The zero-order valence-corrected chi connectivity index (χ0v) is 16.0. The summed E-state index contributed by atoms with van der Waals surface area (Å²) in [6, 6.07) is 24.2. The van der Waals surface area contributed by atoms with Crippen LogP contribution in [-0.4, -0.2) is 15.0 Å². The van der Waals surface area contributed by atoms with Crippen molar-refractivity contribution in [3.8, 4) is 0 Å². The molecule has 3 nitrogen and oxygen atoms in total. The second-order valence-electron chi connectivity index (χ2n) is 6.18. The second kappa shape index (κ2) is 8.04.